The molecular formula is C14H27NO3S. The van der Waals surface area contributed by atoms with Gasteiger partial charge in [-0.05, 0) is 38.0 Å². The second-order valence-electron chi connectivity index (χ2n) is 5.86. The highest BCUT2D eigenvalue weighted by Gasteiger charge is 2.32. The van der Waals surface area contributed by atoms with E-state index in [1.165, 1.54) is 12.8 Å². The molecule has 2 saturated heterocycles. The molecule has 0 aromatic rings. The Bertz CT molecular complexity index is 363. The molecule has 2 aliphatic heterocycles. The van der Waals surface area contributed by atoms with Crippen LogP contribution in [-0.2, 0) is 14.8 Å². The number of sulfonamides is 1. The third kappa shape index (κ3) is 4.17. The van der Waals surface area contributed by atoms with E-state index in [-0.39, 0.29) is 6.04 Å². The molecule has 0 amide bonds. The number of rotatable bonds is 4. The fourth-order valence-electron chi connectivity index (χ4n) is 3.23. The molecule has 4 nitrogen and oxygen atoms in total. The molecule has 0 aromatic heterocycles. The van der Waals surface area contributed by atoms with E-state index in [0.717, 1.165) is 51.9 Å². The maximum absolute atomic E-state index is 12.7. The Morgan fingerprint density at radius 3 is 2.53 bits per heavy atom. The lowest BCUT2D eigenvalue weighted by Gasteiger charge is -2.31. The fraction of sp³-hybridized carbons (Fsp3) is 1.00. The molecule has 2 fully saturated rings. The highest BCUT2D eigenvalue weighted by atomic mass is 32.2. The summed E-state index contributed by atoms with van der Waals surface area (Å²) < 4.78 is 32.5. The normalized spacial score (nSPS) is 28.2. The van der Waals surface area contributed by atoms with Crippen molar-refractivity contribution < 1.29 is 13.2 Å². The third-order valence-corrected chi connectivity index (χ3v) is 6.53. The number of hydrogen-bond donors (Lipinski definition) is 0. The van der Waals surface area contributed by atoms with Gasteiger partial charge in [-0.3, -0.25) is 0 Å². The van der Waals surface area contributed by atoms with Crippen LogP contribution in [0.2, 0.25) is 0 Å². The van der Waals surface area contributed by atoms with Crippen molar-refractivity contribution in [2.45, 2.75) is 57.9 Å². The molecule has 0 spiro atoms. The van der Waals surface area contributed by atoms with E-state index < -0.39 is 10.0 Å². The third-order valence-electron chi connectivity index (χ3n) is 4.44. The Hall–Kier alpha value is -0.130. The number of nitrogens with zero attached hydrogens (tertiary/aromatic N) is 1. The maximum Gasteiger partial charge on any atom is 0.214 e. The predicted molar refractivity (Wildman–Crippen MR) is 76.6 cm³/mol. The van der Waals surface area contributed by atoms with Crippen LogP contribution in [0.4, 0.5) is 0 Å². The highest BCUT2D eigenvalue weighted by Crippen LogP contribution is 2.25. The summed E-state index contributed by atoms with van der Waals surface area (Å²) in [6, 6.07) is 0.229. The van der Waals surface area contributed by atoms with Crippen molar-refractivity contribution in [3.63, 3.8) is 0 Å². The maximum atomic E-state index is 12.7. The van der Waals surface area contributed by atoms with Gasteiger partial charge in [0.05, 0.1) is 5.75 Å². The molecule has 0 radical (unpaired) electrons. The van der Waals surface area contributed by atoms with E-state index in [1.807, 2.05) is 4.31 Å². The largest absolute Gasteiger partial charge is 0.381 e. The van der Waals surface area contributed by atoms with Crippen LogP contribution in [0.1, 0.15) is 51.9 Å². The summed E-state index contributed by atoms with van der Waals surface area (Å²) in [6.07, 6.45) is 7.11. The van der Waals surface area contributed by atoms with Gasteiger partial charge in [0, 0.05) is 25.8 Å². The van der Waals surface area contributed by atoms with E-state index in [2.05, 4.69) is 6.92 Å². The zero-order valence-electron chi connectivity index (χ0n) is 12.0. The van der Waals surface area contributed by atoms with E-state index in [4.69, 9.17) is 4.74 Å². The summed E-state index contributed by atoms with van der Waals surface area (Å²) >= 11 is 0. The first-order valence-electron chi connectivity index (χ1n) is 7.70. The number of ether oxygens (including phenoxy) is 1. The van der Waals surface area contributed by atoms with Gasteiger partial charge in [0.1, 0.15) is 0 Å². The fourth-order valence-corrected chi connectivity index (χ4v) is 5.47. The molecule has 112 valence electrons. The Morgan fingerprint density at radius 2 is 1.84 bits per heavy atom. The molecule has 1 atom stereocenters. The summed E-state index contributed by atoms with van der Waals surface area (Å²) in [7, 11) is -3.09. The summed E-state index contributed by atoms with van der Waals surface area (Å²) in [5.74, 6) is 0.617. The summed E-state index contributed by atoms with van der Waals surface area (Å²) in [5, 5.41) is 0. The lowest BCUT2D eigenvalue weighted by Crippen LogP contribution is -2.42. The average molecular weight is 289 g/mol. The highest BCUT2D eigenvalue weighted by molar-refractivity contribution is 7.89. The molecule has 5 heteroatoms. The molecule has 1 unspecified atom stereocenters. The first-order chi connectivity index (χ1) is 9.13. The van der Waals surface area contributed by atoms with Crippen molar-refractivity contribution in [2.24, 2.45) is 5.92 Å². The van der Waals surface area contributed by atoms with Crippen molar-refractivity contribution in [3.05, 3.63) is 0 Å². The van der Waals surface area contributed by atoms with Crippen molar-refractivity contribution in [1.82, 2.24) is 4.31 Å². The van der Waals surface area contributed by atoms with Gasteiger partial charge in [0.25, 0.3) is 0 Å². The van der Waals surface area contributed by atoms with Crippen LogP contribution in [0.25, 0.3) is 0 Å². The van der Waals surface area contributed by atoms with Gasteiger partial charge < -0.3 is 4.74 Å². The van der Waals surface area contributed by atoms with E-state index in [9.17, 15) is 8.42 Å². The van der Waals surface area contributed by atoms with Crippen LogP contribution < -0.4 is 0 Å². The Kier molecular flexibility index (Phi) is 5.66. The van der Waals surface area contributed by atoms with Gasteiger partial charge in [-0.25, -0.2) is 8.42 Å². The lowest BCUT2D eigenvalue weighted by atomic mass is 10.0. The Morgan fingerprint density at radius 1 is 1.11 bits per heavy atom. The first-order valence-corrected chi connectivity index (χ1v) is 9.31. The van der Waals surface area contributed by atoms with Crippen molar-refractivity contribution in [1.29, 1.82) is 0 Å². The minimum Gasteiger partial charge on any atom is -0.381 e. The Labute approximate surface area is 117 Å². The van der Waals surface area contributed by atoms with E-state index >= 15 is 0 Å². The summed E-state index contributed by atoms with van der Waals surface area (Å²) in [5.41, 5.74) is 0. The quantitative estimate of drug-likeness (QED) is 0.798. The van der Waals surface area contributed by atoms with Crippen molar-refractivity contribution in [2.75, 3.05) is 25.5 Å². The van der Waals surface area contributed by atoms with Crippen LogP contribution >= 0.6 is 0 Å². The van der Waals surface area contributed by atoms with Crippen molar-refractivity contribution >= 4 is 10.0 Å². The van der Waals surface area contributed by atoms with Gasteiger partial charge >= 0.3 is 0 Å². The smallest absolute Gasteiger partial charge is 0.214 e. The zero-order valence-corrected chi connectivity index (χ0v) is 12.8. The van der Waals surface area contributed by atoms with E-state index in [0.29, 0.717) is 11.7 Å². The number of hydrogen-bond acceptors (Lipinski definition) is 3. The molecule has 2 rings (SSSR count). The lowest BCUT2D eigenvalue weighted by molar-refractivity contribution is 0.0719. The van der Waals surface area contributed by atoms with Crippen LogP contribution in [0.3, 0.4) is 0 Å². The molecule has 0 aromatic carbocycles. The van der Waals surface area contributed by atoms with Gasteiger partial charge in [-0.15, -0.1) is 0 Å². The molecular weight excluding hydrogens is 262 g/mol. The molecule has 2 aliphatic rings. The standard InChI is InChI=1S/C14H27NO3S/c1-2-14-6-4-3-5-9-15(14)19(16,17)12-13-7-10-18-11-8-13/h13-14H,2-12H2,1H3. The van der Waals surface area contributed by atoms with Gasteiger partial charge in [-0.2, -0.15) is 4.31 Å². The molecule has 0 aliphatic carbocycles. The van der Waals surface area contributed by atoms with Crippen LogP contribution in [0.15, 0.2) is 0 Å². The van der Waals surface area contributed by atoms with Gasteiger partial charge in [0.2, 0.25) is 10.0 Å². The first kappa shape index (κ1) is 15.3. The second kappa shape index (κ2) is 7.04. The molecule has 0 N–H and O–H groups in total. The minimum absolute atomic E-state index is 0.229. The van der Waals surface area contributed by atoms with Crippen LogP contribution in [-0.4, -0.2) is 44.3 Å². The summed E-state index contributed by atoms with van der Waals surface area (Å²) in [4.78, 5) is 0. The topological polar surface area (TPSA) is 46.6 Å². The molecule has 19 heavy (non-hydrogen) atoms. The van der Waals surface area contributed by atoms with Gasteiger partial charge in [0.15, 0.2) is 0 Å². The second-order valence-corrected chi connectivity index (χ2v) is 7.82. The SMILES string of the molecule is CCC1CCCCCN1S(=O)(=O)CC1CCOCC1. The molecule has 2 heterocycles. The van der Waals surface area contributed by atoms with Gasteiger partial charge in [-0.1, -0.05) is 19.8 Å². The monoisotopic (exact) mass is 289 g/mol. The summed E-state index contributed by atoms with van der Waals surface area (Å²) in [6.45, 7) is 4.27. The van der Waals surface area contributed by atoms with Crippen LogP contribution in [0.5, 0.6) is 0 Å². The molecule has 0 saturated carbocycles. The predicted octanol–water partition coefficient (Wildman–Crippen LogP) is 2.40. The molecule has 0 bridgehead atoms. The Balaban J connectivity index is 2.02. The van der Waals surface area contributed by atoms with Crippen molar-refractivity contribution in [3.8, 4) is 0 Å². The zero-order chi connectivity index (χ0) is 13.7. The van der Waals surface area contributed by atoms with Crippen LogP contribution in [0, 0.1) is 5.92 Å². The minimum atomic E-state index is -3.09. The average Bonchev–Trinajstić information content (AvgIpc) is 2.64. The van der Waals surface area contributed by atoms with E-state index in [1.54, 1.807) is 0 Å².